The molecule has 1 spiro atoms. The van der Waals surface area contributed by atoms with Gasteiger partial charge in [-0.2, -0.15) is 0 Å². The molecular formula is C11H14O3. The largest absolute Gasteiger partial charge is 0.303 e. The quantitative estimate of drug-likeness (QED) is 0.467. The maximum Gasteiger partial charge on any atom is 0.156 e. The summed E-state index contributed by atoms with van der Waals surface area (Å²) in [6, 6.07) is 0. The molecule has 1 atom stereocenters. The first-order valence-corrected chi connectivity index (χ1v) is 5.23. The number of carbonyl (C=O) groups is 3. The van der Waals surface area contributed by atoms with Gasteiger partial charge in [0.05, 0.1) is 11.3 Å². The molecule has 0 aliphatic heterocycles. The zero-order valence-electron chi connectivity index (χ0n) is 8.12. The minimum Gasteiger partial charge on any atom is -0.303 e. The minimum absolute atomic E-state index is 0.0132. The number of ketones is 2. The Kier molecular flexibility index (Phi) is 2.25. The lowest BCUT2D eigenvalue weighted by Crippen LogP contribution is -2.36. The highest BCUT2D eigenvalue weighted by Crippen LogP contribution is 2.45. The summed E-state index contributed by atoms with van der Waals surface area (Å²) in [5.41, 5.74) is -0.746. The Labute approximate surface area is 82.9 Å². The van der Waals surface area contributed by atoms with Gasteiger partial charge in [0.2, 0.25) is 0 Å². The second kappa shape index (κ2) is 3.30. The summed E-state index contributed by atoms with van der Waals surface area (Å²) in [6.07, 6.45) is 5.15. The molecule has 2 rings (SSSR count). The molecule has 0 radical (unpaired) electrons. The third-order valence-corrected chi connectivity index (χ3v) is 3.62. The summed E-state index contributed by atoms with van der Waals surface area (Å²) in [4.78, 5) is 34.2. The molecule has 0 heterocycles. The van der Waals surface area contributed by atoms with Crippen molar-refractivity contribution < 1.29 is 14.4 Å². The maximum absolute atomic E-state index is 11.9. The van der Waals surface area contributed by atoms with Gasteiger partial charge >= 0.3 is 0 Å². The Morgan fingerprint density at radius 3 is 2.29 bits per heavy atom. The first kappa shape index (κ1) is 9.56. The molecule has 2 fully saturated rings. The molecule has 0 saturated heterocycles. The van der Waals surface area contributed by atoms with Gasteiger partial charge < -0.3 is 4.79 Å². The van der Waals surface area contributed by atoms with Crippen LogP contribution in [0.2, 0.25) is 0 Å². The molecule has 76 valence electrons. The zero-order valence-corrected chi connectivity index (χ0v) is 8.12. The Balaban J connectivity index is 2.29. The number of Topliss-reactive ketones (excluding diaryl/α,β-unsaturated/α-hetero) is 2. The van der Waals surface area contributed by atoms with Gasteiger partial charge in [-0.15, -0.1) is 0 Å². The second-order valence-corrected chi connectivity index (χ2v) is 4.38. The summed E-state index contributed by atoms with van der Waals surface area (Å²) in [6.45, 7) is 0. The van der Waals surface area contributed by atoms with Crippen LogP contribution in [0, 0.1) is 11.3 Å². The fourth-order valence-electron chi connectivity index (χ4n) is 2.77. The van der Waals surface area contributed by atoms with Crippen molar-refractivity contribution in [1.29, 1.82) is 0 Å². The topological polar surface area (TPSA) is 51.2 Å². The van der Waals surface area contributed by atoms with Crippen LogP contribution in [0.4, 0.5) is 0 Å². The van der Waals surface area contributed by atoms with Crippen LogP contribution in [0.3, 0.4) is 0 Å². The molecule has 0 unspecified atom stereocenters. The van der Waals surface area contributed by atoms with E-state index in [9.17, 15) is 14.4 Å². The van der Waals surface area contributed by atoms with E-state index in [1.54, 1.807) is 0 Å². The van der Waals surface area contributed by atoms with Gasteiger partial charge in [0.15, 0.2) is 5.78 Å². The summed E-state index contributed by atoms with van der Waals surface area (Å²) >= 11 is 0. The summed E-state index contributed by atoms with van der Waals surface area (Å²) in [5.74, 6) is -0.725. The van der Waals surface area contributed by atoms with Crippen LogP contribution >= 0.6 is 0 Å². The SMILES string of the molecule is O=C[C@H]1CC(=O)C2(CCCCC2)C1=O. The molecule has 0 aromatic carbocycles. The van der Waals surface area contributed by atoms with Gasteiger partial charge in [-0.1, -0.05) is 19.3 Å². The van der Waals surface area contributed by atoms with E-state index in [2.05, 4.69) is 0 Å². The molecule has 0 aromatic heterocycles. The molecule has 3 heteroatoms. The van der Waals surface area contributed by atoms with Crippen LogP contribution in [-0.2, 0) is 14.4 Å². The first-order valence-electron chi connectivity index (χ1n) is 5.23. The number of aldehydes is 1. The molecule has 14 heavy (non-hydrogen) atoms. The molecule has 0 aromatic rings. The standard InChI is InChI=1S/C11H14O3/c12-7-8-6-9(13)11(10(8)14)4-2-1-3-5-11/h7-8H,1-6H2/t8-/m1/s1. The molecule has 2 saturated carbocycles. The third-order valence-electron chi connectivity index (χ3n) is 3.62. The molecule has 2 aliphatic carbocycles. The third kappa shape index (κ3) is 1.15. The first-order chi connectivity index (χ1) is 6.70. The fourth-order valence-corrected chi connectivity index (χ4v) is 2.77. The van der Waals surface area contributed by atoms with Crippen LogP contribution in [0.25, 0.3) is 0 Å². The summed E-state index contributed by atoms with van der Waals surface area (Å²) in [7, 11) is 0. The Hall–Kier alpha value is -0.990. The van der Waals surface area contributed by atoms with Crippen LogP contribution in [0.5, 0.6) is 0 Å². The van der Waals surface area contributed by atoms with Crippen LogP contribution in [-0.4, -0.2) is 17.9 Å². The molecule has 0 amide bonds. The smallest absolute Gasteiger partial charge is 0.156 e. The van der Waals surface area contributed by atoms with Gasteiger partial charge in [0, 0.05) is 6.42 Å². The lowest BCUT2D eigenvalue weighted by atomic mass is 9.71. The Bertz CT molecular complexity index is 287. The summed E-state index contributed by atoms with van der Waals surface area (Å²) < 4.78 is 0. The van der Waals surface area contributed by atoms with Crippen LogP contribution in [0.15, 0.2) is 0 Å². The van der Waals surface area contributed by atoms with Crippen LogP contribution in [0.1, 0.15) is 38.5 Å². The van der Waals surface area contributed by atoms with Crippen molar-refractivity contribution >= 4 is 17.9 Å². The fraction of sp³-hybridized carbons (Fsp3) is 0.727. The van der Waals surface area contributed by atoms with Gasteiger partial charge in [0.1, 0.15) is 12.1 Å². The monoisotopic (exact) mass is 194 g/mol. The number of hydrogen-bond acceptors (Lipinski definition) is 3. The average Bonchev–Trinajstić information content (AvgIpc) is 2.45. The van der Waals surface area contributed by atoms with E-state index in [-0.39, 0.29) is 18.0 Å². The lowest BCUT2D eigenvalue weighted by molar-refractivity contribution is -0.138. The van der Waals surface area contributed by atoms with E-state index in [1.165, 1.54) is 0 Å². The number of hydrogen-bond donors (Lipinski definition) is 0. The molecule has 2 aliphatic rings. The van der Waals surface area contributed by atoms with E-state index in [1.807, 2.05) is 0 Å². The highest BCUT2D eigenvalue weighted by molar-refractivity contribution is 6.18. The second-order valence-electron chi connectivity index (χ2n) is 4.38. The van der Waals surface area contributed by atoms with Crippen molar-refractivity contribution in [2.24, 2.45) is 11.3 Å². The Morgan fingerprint density at radius 1 is 1.14 bits per heavy atom. The van der Waals surface area contributed by atoms with Gasteiger partial charge in [0.25, 0.3) is 0 Å². The van der Waals surface area contributed by atoms with Crippen molar-refractivity contribution in [3.63, 3.8) is 0 Å². The van der Waals surface area contributed by atoms with E-state index in [0.717, 1.165) is 19.3 Å². The van der Waals surface area contributed by atoms with Crippen LogP contribution < -0.4 is 0 Å². The average molecular weight is 194 g/mol. The number of carbonyl (C=O) groups excluding carboxylic acids is 3. The van der Waals surface area contributed by atoms with E-state index >= 15 is 0 Å². The lowest BCUT2D eigenvalue weighted by Gasteiger charge is -2.29. The van der Waals surface area contributed by atoms with Crippen molar-refractivity contribution in [2.75, 3.05) is 0 Å². The Morgan fingerprint density at radius 2 is 1.79 bits per heavy atom. The molecule has 3 nitrogen and oxygen atoms in total. The van der Waals surface area contributed by atoms with E-state index < -0.39 is 11.3 Å². The predicted molar refractivity (Wildman–Crippen MR) is 49.7 cm³/mol. The number of rotatable bonds is 1. The van der Waals surface area contributed by atoms with Gasteiger partial charge in [-0.25, -0.2) is 0 Å². The van der Waals surface area contributed by atoms with Crippen molar-refractivity contribution in [2.45, 2.75) is 38.5 Å². The highest BCUT2D eigenvalue weighted by atomic mass is 16.2. The molecule has 0 bridgehead atoms. The van der Waals surface area contributed by atoms with E-state index in [0.29, 0.717) is 19.1 Å². The normalized spacial score (nSPS) is 31.0. The highest BCUT2D eigenvalue weighted by Gasteiger charge is 2.54. The van der Waals surface area contributed by atoms with E-state index in [4.69, 9.17) is 0 Å². The van der Waals surface area contributed by atoms with Gasteiger partial charge in [-0.05, 0) is 12.8 Å². The van der Waals surface area contributed by atoms with Crippen molar-refractivity contribution in [3.05, 3.63) is 0 Å². The van der Waals surface area contributed by atoms with Crippen molar-refractivity contribution in [1.82, 2.24) is 0 Å². The van der Waals surface area contributed by atoms with Gasteiger partial charge in [-0.3, -0.25) is 9.59 Å². The molecular weight excluding hydrogens is 180 g/mol. The minimum atomic E-state index is -0.746. The zero-order chi connectivity index (χ0) is 10.2. The summed E-state index contributed by atoms with van der Waals surface area (Å²) in [5, 5.41) is 0. The molecule has 0 N–H and O–H groups in total. The van der Waals surface area contributed by atoms with Crippen molar-refractivity contribution in [3.8, 4) is 0 Å². The maximum atomic E-state index is 11.9. The predicted octanol–water partition coefficient (Wildman–Crippen LogP) is 1.29.